The fourth-order valence-electron chi connectivity index (χ4n) is 4.13. The molecule has 0 unspecified atom stereocenters. The third kappa shape index (κ3) is 8.26. The van der Waals surface area contributed by atoms with Crippen LogP contribution in [0.25, 0.3) is 0 Å². The molecule has 2 rings (SSSR count). The van der Waals surface area contributed by atoms with Gasteiger partial charge in [0.2, 0.25) is 0 Å². The second kappa shape index (κ2) is 13.5. The van der Waals surface area contributed by atoms with E-state index in [0.717, 1.165) is 50.9 Å². The van der Waals surface area contributed by atoms with Crippen molar-refractivity contribution in [3.8, 4) is 0 Å². The van der Waals surface area contributed by atoms with Gasteiger partial charge in [-0.15, -0.1) is 0 Å². The van der Waals surface area contributed by atoms with Crippen molar-refractivity contribution in [2.45, 2.75) is 65.4 Å². The molecule has 1 fully saturated rings. The van der Waals surface area contributed by atoms with Crippen LogP contribution >= 0.6 is 0 Å². The molecule has 31 heavy (non-hydrogen) atoms. The normalized spacial score (nSPS) is 19.4. The first kappa shape index (κ1) is 25.3. The molecular formula is C25H39NO5. The van der Waals surface area contributed by atoms with Gasteiger partial charge in [0.05, 0.1) is 19.1 Å². The Morgan fingerprint density at radius 3 is 2.45 bits per heavy atom. The van der Waals surface area contributed by atoms with Gasteiger partial charge < -0.3 is 19.1 Å². The highest BCUT2D eigenvalue weighted by atomic mass is 16.6. The van der Waals surface area contributed by atoms with Crippen LogP contribution in [0.3, 0.4) is 0 Å². The molecule has 0 N–H and O–H groups in total. The summed E-state index contributed by atoms with van der Waals surface area (Å²) in [6.07, 6.45) is 3.87. The average molecular weight is 434 g/mol. The van der Waals surface area contributed by atoms with E-state index in [0.29, 0.717) is 19.1 Å². The van der Waals surface area contributed by atoms with Gasteiger partial charge in [0.1, 0.15) is 12.7 Å². The fraction of sp³-hybridized carbons (Fsp3) is 0.680. The predicted octanol–water partition coefficient (Wildman–Crippen LogP) is 3.97. The van der Waals surface area contributed by atoms with Crippen LogP contribution in [-0.2, 0) is 30.2 Å². The predicted molar refractivity (Wildman–Crippen MR) is 121 cm³/mol. The van der Waals surface area contributed by atoms with Crippen molar-refractivity contribution in [3.63, 3.8) is 0 Å². The van der Waals surface area contributed by atoms with Crippen LogP contribution in [0.1, 0.15) is 64.0 Å². The number of ether oxygens (including phenoxy) is 3. The maximum Gasteiger partial charge on any atom is 0.332 e. The highest BCUT2D eigenvalue weighted by Gasteiger charge is 2.30. The Kier molecular flexibility index (Phi) is 11.0. The smallest absolute Gasteiger partial charge is 0.332 e. The van der Waals surface area contributed by atoms with Crippen molar-refractivity contribution in [2.75, 3.05) is 39.5 Å². The van der Waals surface area contributed by atoms with Crippen molar-refractivity contribution in [1.82, 2.24) is 4.90 Å². The number of likely N-dealkylation sites (N-methyl/N-ethyl adjacent to an activating group) is 1. The molecule has 0 aliphatic heterocycles. The van der Waals surface area contributed by atoms with E-state index in [1.807, 2.05) is 26.0 Å². The van der Waals surface area contributed by atoms with Crippen LogP contribution in [0.15, 0.2) is 24.3 Å². The quantitative estimate of drug-likeness (QED) is 0.346. The molecule has 0 radical (unpaired) electrons. The van der Waals surface area contributed by atoms with Gasteiger partial charge >= 0.3 is 11.9 Å². The maximum atomic E-state index is 12.2. The molecule has 1 saturated carbocycles. The number of carbonyl (C=O) groups excluding carboxylic acids is 2. The van der Waals surface area contributed by atoms with E-state index in [4.69, 9.17) is 14.2 Å². The van der Waals surface area contributed by atoms with Crippen LogP contribution in [0.4, 0.5) is 0 Å². The lowest BCUT2D eigenvalue weighted by Gasteiger charge is -2.21. The zero-order valence-electron chi connectivity index (χ0n) is 19.6. The monoisotopic (exact) mass is 433 g/mol. The maximum absolute atomic E-state index is 12.2. The number of esters is 2. The lowest BCUT2D eigenvalue weighted by Crippen LogP contribution is -2.29. The molecule has 1 aromatic rings. The molecule has 1 aliphatic rings. The van der Waals surface area contributed by atoms with Gasteiger partial charge in [0, 0.05) is 6.54 Å². The van der Waals surface area contributed by atoms with E-state index in [1.54, 1.807) is 0 Å². The Balaban J connectivity index is 1.79. The van der Waals surface area contributed by atoms with Gasteiger partial charge in [-0.3, -0.25) is 4.79 Å². The Hall–Kier alpha value is -1.92. The largest absolute Gasteiger partial charge is 0.466 e. The molecule has 0 spiro atoms. The zero-order valence-corrected chi connectivity index (χ0v) is 19.6. The molecule has 3 atom stereocenters. The molecule has 6 nitrogen and oxygen atoms in total. The summed E-state index contributed by atoms with van der Waals surface area (Å²) in [5.74, 6) is -0.406. The van der Waals surface area contributed by atoms with Gasteiger partial charge in [0.25, 0.3) is 0 Å². The molecule has 1 aromatic carbocycles. The first-order chi connectivity index (χ1) is 15.0. The summed E-state index contributed by atoms with van der Waals surface area (Å²) in [7, 11) is 0. The summed E-state index contributed by atoms with van der Waals surface area (Å²) >= 11 is 0. The summed E-state index contributed by atoms with van der Waals surface area (Å²) in [4.78, 5) is 26.4. The average Bonchev–Trinajstić information content (AvgIpc) is 3.20. The zero-order chi connectivity index (χ0) is 22.6. The second-order valence-electron chi connectivity index (χ2n) is 8.22. The van der Waals surface area contributed by atoms with Crippen molar-refractivity contribution in [3.05, 3.63) is 35.4 Å². The Labute approximate surface area is 187 Å². The number of hydrogen-bond acceptors (Lipinski definition) is 6. The summed E-state index contributed by atoms with van der Waals surface area (Å²) in [6, 6.07) is 8.13. The van der Waals surface area contributed by atoms with Gasteiger partial charge in [-0.2, -0.15) is 0 Å². The standard InChI is InChI=1S/C25H39NO5/c1-5-26(6-2)15-16-29-18-24(27)31-23-10-8-9-22(23)17-20-11-13-21(14-12-20)19(4)25(28)30-7-3/h11-14,19,22-23H,5-10,15-18H2,1-4H3/t19-,22+,23-/m0/s1. The van der Waals surface area contributed by atoms with Gasteiger partial charge in [-0.05, 0) is 69.7 Å². The Morgan fingerprint density at radius 1 is 1.10 bits per heavy atom. The van der Waals surface area contributed by atoms with E-state index in [2.05, 4.69) is 30.9 Å². The Morgan fingerprint density at radius 2 is 1.81 bits per heavy atom. The molecular weight excluding hydrogens is 394 g/mol. The minimum atomic E-state index is -0.268. The topological polar surface area (TPSA) is 65.1 Å². The van der Waals surface area contributed by atoms with Crippen molar-refractivity contribution < 1.29 is 23.8 Å². The van der Waals surface area contributed by atoms with Gasteiger partial charge in [-0.25, -0.2) is 4.79 Å². The third-order valence-corrected chi connectivity index (χ3v) is 6.16. The first-order valence-electron chi connectivity index (χ1n) is 11.7. The molecule has 0 heterocycles. The lowest BCUT2D eigenvalue weighted by molar-refractivity contribution is -0.156. The second-order valence-corrected chi connectivity index (χ2v) is 8.22. The van der Waals surface area contributed by atoms with Gasteiger partial charge in [-0.1, -0.05) is 38.1 Å². The minimum Gasteiger partial charge on any atom is -0.466 e. The van der Waals surface area contributed by atoms with Crippen LogP contribution in [-0.4, -0.2) is 62.4 Å². The number of nitrogens with zero attached hydrogens (tertiary/aromatic N) is 1. The van der Waals surface area contributed by atoms with E-state index < -0.39 is 0 Å². The summed E-state index contributed by atoms with van der Waals surface area (Å²) < 4.78 is 16.4. The van der Waals surface area contributed by atoms with Crippen molar-refractivity contribution in [1.29, 1.82) is 0 Å². The molecule has 174 valence electrons. The molecule has 0 bridgehead atoms. The van der Waals surface area contributed by atoms with Crippen LogP contribution < -0.4 is 0 Å². The third-order valence-electron chi connectivity index (χ3n) is 6.16. The molecule has 6 heteroatoms. The highest BCUT2D eigenvalue weighted by Crippen LogP contribution is 2.31. The highest BCUT2D eigenvalue weighted by molar-refractivity contribution is 5.77. The van der Waals surface area contributed by atoms with Crippen LogP contribution in [0.5, 0.6) is 0 Å². The van der Waals surface area contributed by atoms with E-state index >= 15 is 0 Å². The number of hydrogen-bond donors (Lipinski definition) is 0. The number of carbonyl (C=O) groups is 2. The van der Waals surface area contributed by atoms with E-state index in [9.17, 15) is 9.59 Å². The molecule has 0 aromatic heterocycles. The summed E-state index contributed by atoms with van der Waals surface area (Å²) in [5.41, 5.74) is 2.15. The number of rotatable bonds is 13. The SMILES string of the molecule is CCOC(=O)[C@@H](C)c1ccc(C[C@H]2CCC[C@@H]2OC(=O)COCCN(CC)CC)cc1. The molecule has 0 saturated heterocycles. The fourth-order valence-corrected chi connectivity index (χ4v) is 4.13. The van der Waals surface area contributed by atoms with Crippen LogP contribution in [0, 0.1) is 5.92 Å². The van der Waals surface area contributed by atoms with Crippen molar-refractivity contribution in [2.24, 2.45) is 5.92 Å². The first-order valence-corrected chi connectivity index (χ1v) is 11.7. The summed E-state index contributed by atoms with van der Waals surface area (Å²) in [5, 5.41) is 0. The summed E-state index contributed by atoms with van der Waals surface area (Å²) in [6.45, 7) is 11.7. The van der Waals surface area contributed by atoms with Gasteiger partial charge in [0.15, 0.2) is 0 Å². The van der Waals surface area contributed by atoms with Crippen molar-refractivity contribution >= 4 is 11.9 Å². The van der Waals surface area contributed by atoms with E-state index in [1.165, 1.54) is 5.56 Å². The number of benzene rings is 1. The molecule has 1 aliphatic carbocycles. The lowest BCUT2D eigenvalue weighted by atomic mass is 9.93. The molecule has 0 amide bonds. The van der Waals surface area contributed by atoms with Crippen LogP contribution in [0.2, 0.25) is 0 Å². The van der Waals surface area contributed by atoms with E-state index in [-0.39, 0.29) is 30.6 Å². The minimum absolute atomic E-state index is 0.0188. The Bertz CT molecular complexity index is 671.